The fourth-order valence-electron chi connectivity index (χ4n) is 11.4. The molecule has 0 radical (unpaired) electrons. The lowest BCUT2D eigenvalue weighted by Gasteiger charge is -2.54. The average Bonchev–Trinajstić information content (AvgIpc) is 3.82. The van der Waals surface area contributed by atoms with Crippen molar-refractivity contribution < 1.29 is 27.6 Å². The van der Waals surface area contributed by atoms with E-state index >= 15 is 0 Å². The summed E-state index contributed by atoms with van der Waals surface area (Å²) in [5.74, 6) is 1.26. The second-order valence-corrected chi connectivity index (χ2v) is 21.3. The van der Waals surface area contributed by atoms with E-state index in [0.29, 0.717) is 75.9 Å². The number of carbonyl (C=O) groups excluding carboxylic acids is 4. The molecular weight excluding hydrogens is 813 g/mol. The molecule has 6 fully saturated rings. The quantitative estimate of drug-likeness (QED) is 0.214. The van der Waals surface area contributed by atoms with Gasteiger partial charge < -0.3 is 10.2 Å². The summed E-state index contributed by atoms with van der Waals surface area (Å²) < 4.78 is 33.7. The Morgan fingerprint density at radius 3 is 2.37 bits per heavy atom. The van der Waals surface area contributed by atoms with Crippen molar-refractivity contribution in [1.29, 1.82) is 0 Å². The van der Waals surface area contributed by atoms with Gasteiger partial charge in [0.15, 0.2) is 0 Å². The number of carbonyl (C=O) groups is 4. The van der Waals surface area contributed by atoms with E-state index in [9.17, 15) is 32.4 Å². The SMILES string of the molecule is CC1CCCC1N1C(=O)C2(CC2)c2cnc(NC3CCN(S(=O)(=O)N4CC5(CCN(C(=O)CCCCc6ccc7c(c6)n(C)c(=O)n7C6CCC(=O)NC6=O)CC5)C4)CC3)nc21. The highest BCUT2D eigenvalue weighted by molar-refractivity contribution is 7.86. The number of aryl methyl sites for hydroxylation is 2. The van der Waals surface area contributed by atoms with Crippen molar-refractivity contribution in [3.05, 3.63) is 46.0 Å². The molecule has 62 heavy (non-hydrogen) atoms. The first-order valence-corrected chi connectivity index (χ1v) is 24.2. The van der Waals surface area contributed by atoms with Gasteiger partial charge in [-0.05, 0) is 101 Å². The van der Waals surface area contributed by atoms with Gasteiger partial charge in [-0.15, -0.1) is 0 Å². The van der Waals surface area contributed by atoms with Crippen LogP contribution in [0.3, 0.4) is 0 Å². The number of nitrogens with one attached hydrogen (secondary N) is 2. The molecule has 3 unspecified atom stereocenters. The number of likely N-dealkylation sites (tertiary alicyclic amines) is 1. The number of rotatable bonds is 11. The van der Waals surface area contributed by atoms with Crippen LogP contribution >= 0.6 is 0 Å². The van der Waals surface area contributed by atoms with Crippen LogP contribution in [0, 0.1) is 11.3 Å². The lowest BCUT2D eigenvalue weighted by atomic mass is 9.73. The number of piperidine rings is 3. The summed E-state index contributed by atoms with van der Waals surface area (Å²) in [4.78, 5) is 77.6. The van der Waals surface area contributed by atoms with Crippen LogP contribution in [0.2, 0.25) is 0 Å². The van der Waals surface area contributed by atoms with E-state index in [1.807, 2.05) is 34.2 Å². The highest BCUT2D eigenvalue weighted by Crippen LogP contribution is 2.58. The van der Waals surface area contributed by atoms with E-state index < -0.39 is 27.6 Å². The third kappa shape index (κ3) is 7.04. The van der Waals surface area contributed by atoms with Crippen molar-refractivity contribution in [1.82, 2.24) is 37.9 Å². The molecule has 3 atom stereocenters. The molecule has 17 nitrogen and oxygen atoms in total. The summed E-state index contributed by atoms with van der Waals surface area (Å²) in [6.07, 6.45) is 12.9. The van der Waals surface area contributed by atoms with Gasteiger partial charge in [0.1, 0.15) is 11.9 Å². The molecule has 7 aliphatic rings. The zero-order chi connectivity index (χ0) is 43.1. The van der Waals surface area contributed by atoms with E-state index in [2.05, 4.69) is 22.5 Å². The van der Waals surface area contributed by atoms with Crippen molar-refractivity contribution in [2.75, 3.05) is 49.5 Å². The lowest BCUT2D eigenvalue weighted by Crippen LogP contribution is -2.64. The van der Waals surface area contributed by atoms with Crippen LogP contribution in [0.25, 0.3) is 11.0 Å². The van der Waals surface area contributed by atoms with Gasteiger partial charge in [-0.1, -0.05) is 19.4 Å². The Kier molecular flexibility index (Phi) is 10.4. The monoisotopic (exact) mass is 870 g/mol. The minimum absolute atomic E-state index is 0.0304. The van der Waals surface area contributed by atoms with E-state index in [1.165, 1.54) is 9.13 Å². The van der Waals surface area contributed by atoms with Gasteiger partial charge >= 0.3 is 5.69 Å². The minimum Gasteiger partial charge on any atom is -0.351 e. The van der Waals surface area contributed by atoms with Crippen LogP contribution in [0.5, 0.6) is 0 Å². The number of unbranched alkanes of at least 4 members (excludes halogenated alkanes) is 1. The van der Waals surface area contributed by atoms with Gasteiger partial charge in [0.05, 0.1) is 16.4 Å². The number of imidazole rings is 1. The topological polar surface area (TPSA) is 192 Å². The molecule has 18 heteroatoms. The van der Waals surface area contributed by atoms with Crippen LogP contribution in [-0.4, -0.2) is 116 Å². The summed E-state index contributed by atoms with van der Waals surface area (Å²) in [5.41, 5.74) is 2.59. The van der Waals surface area contributed by atoms with E-state index in [4.69, 9.17) is 4.98 Å². The van der Waals surface area contributed by atoms with Crippen LogP contribution in [0.1, 0.15) is 114 Å². The van der Waals surface area contributed by atoms with Crippen molar-refractivity contribution in [2.45, 2.75) is 127 Å². The van der Waals surface area contributed by atoms with Gasteiger partial charge in [-0.2, -0.15) is 22.0 Å². The number of aromatic nitrogens is 4. The second kappa shape index (κ2) is 15.5. The molecule has 1 aromatic carbocycles. The molecule has 0 bridgehead atoms. The second-order valence-electron chi connectivity index (χ2n) is 19.3. The molecule has 7 heterocycles. The third-order valence-corrected chi connectivity index (χ3v) is 17.4. The number of anilines is 2. The van der Waals surface area contributed by atoms with Crippen LogP contribution in [-0.2, 0) is 48.3 Å². The number of fused-ring (bicyclic) bond motifs is 3. The van der Waals surface area contributed by atoms with Gasteiger partial charge in [0, 0.05) is 88.4 Å². The fraction of sp³-hybridized carbons (Fsp3) is 0.659. The standard InChI is InChI=1S/C44H58N10O7S/c1-28-6-5-8-32(28)54-38-31(44(16-17-44)40(54)58)25-45-41(48-38)46-30-14-20-51(21-15-30)62(60,61)52-26-43(27-52)18-22-50(23-19-43)37(56)9-4-3-7-29-10-11-33-35(24-29)49(2)42(59)53(33)34-12-13-36(55)47-39(34)57/h10-11,24-25,28,30,32,34H,3-9,12-23,26-27H2,1-2H3,(H,45,46,48)(H,47,55,57). The normalized spacial score (nSPS) is 26.4. The molecule has 2 spiro atoms. The van der Waals surface area contributed by atoms with Gasteiger partial charge in [-0.3, -0.25) is 38.5 Å². The molecule has 2 saturated carbocycles. The maximum absolute atomic E-state index is 13.7. The average molecular weight is 871 g/mol. The maximum Gasteiger partial charge on any atom is 0.329 e. The minimum atomic E-state index is -3.59. The molecule has 5 aliphatic heterocycles. The van der Waals surface area contributed by atoms with Crippen LogP contribution in [0.15, 0.2) is 29.2 Å². The Hall–Kier alpha value is -4.68. The van der Waals surface area contributed by atoms with E-state index in [1.54, 1.807) is 15.7 Å². The number of amides is 4. The number of hydrogen-bond acceptors (Lipinski definition) is 10. The summed E-state index contributed by atoms with van der Waals surface area (Å²) in [5, 5.41) is 5.81. The zero-order valence-corrected chi connectivity index (χ0v) is 36.6. The molecule has 4 amide bonds. The molecule has 332 valence electrons. The molecule has 2 aromatic heterocycles. The number of hydrogen-bond donors (Lipinski definition) is 2. The number of nitrogens with zero attached hydrogens (tertiary/aromatic N) is 8. The highest BCUT2D eigenvalue weighted by atomic mass is 32.2. The Bertz CT molecular complexity index is 2490. The molecule has 2 N–H and O–H groups in total. The summed E-state index contributed by atoms with van der Waals surface area (Å²) in [6.45, 7) is 5.30. The Morgan fingerprint density at radius 1 is 0.919 bits per heavy atom. The first kappa shape index (κ1) is 41.3. The number of benzene rings is 1. The van der Waals surface area contributed by atoms with Crippen LogP contribution < -0.4 is 21.2 Å². The predicted molar refractivity (Wildman–Crippen MR) is 230 cm³/mol. The lowest BCUT2D eigenvalue weighted by molar-refractivity contribution is -0.136. The van der Waals surface area contributed by atoms with Gasteiger partial charge in [-0.25, -0.2) is 9.78 Å². The van der Waals surface area contributed by atoms with Crippen molar-refractivity contribution in [2.24, 2.45) is 18.4 Å². The third-order valence-electron chi connectivity index (χ3n) is 15.5. The molecule has 2 aliphatic carbocycles. The van der Waals surface area contributed by atoms with Crippen molar-refractivity contribution >= 4 is 56.6 Å². The smallest absolute Gasteiger partial charge is 0.329 e. The molecule has 3 aromatic rings. The summed E-state index contributed by atoms with van der Waals surface area (Å²) >= 11 is 0. The zero-order valence-electron chi connectivity index (χ0n) is 35.8. The Balaban J connectivity index is 0.662. The Labute approximate surface area is 361 Å². The summed E-state index contributed by atoms with van der Waals surface area (Å²) in [7, 11) is -1.91. The predicted octanol–water partition coefficient (Wildman–Crippen LogP) is 3.13. The van der Waals surface area contributed by atoms with Gasteiger partial charge in [0.25, 0.3) is 10.2 Å². The fourth-order valence-corrected chi connectivity index (χ4v) is 13.2. The largest absolute Gasteiger partial charge is 0.351 e. The maximum atomic E-state index is 13.7. The van der Waals surface area contributed by atoms with E-state index in [-0.39, 0.29) is 53.8 Å². The first-order chi connectivity index (χ1) is 29.8. The van der Waals surface area contributed by atoms with E-state index in [0.717, 1.165) is 86.7 Å². The van der Waals surface area contributed by atoms with Gasteiger partial charge in [0.2, 0.25) is 29.6 Å². The molecule has 10 rings (SSSR count). The van der Waals surface area contributed by atoms with Crippen molar-refractivity contribution in [3.63, 3.8) is 0 Å². The van der Waals surface area contributed by atoms with Crippen LogP contribution in [0.4, 0.5) is 11.8 Å². The summed E-state index contributed by atoms with van der Waals surface area (Å²) in [6, 6.07) is 5.28. The number of imide groups is 1. The highest BCUT2D eigenvalue weighted by Gasteiger charge is 2.62. The first-order valence-electron chi connectivity index (χ1n) is 22.8. The molecule has 4 saturated heterocycles. The van der Waals surface area contributed by atoms with Crippen molar-refractivity contribution in [3.8, 4) is 0 Å². The Morgan fingerprint density at radius 2 is 1.68 bits per heavy atom. The molecular formula is C44H58N10O7S.